The van der Waals surface area contributed by atoms with Crippen LogP contribution in [0.2, 0.25) is 0 Å². The number of anilines is 1. The first-order valence-corrected chi connectivity index (χ1v) is 8.81. The van der Waals surface area contributed by atoms with Crippen molar-refractivity contribution in [2.75, 3.05) is 19.1 Å². The molecule has 1 aliphatic carbocycles. The summed E-state index contributed by atoms with van der Waals surface area (Å²) >= 11 is 3.37. The number of hydrogen-bond acceptors (Lipinski definition) is 7. The molecule has 1 fully saturated rings. The Kier molecular flexibility index (Phi) is 4.84. The van der Waals surface area contributed by atoms with Gasteiger partial charge in [0.25, 0.3) is 0 Å². The molecule has 0 aromatic carbocycles. The van der Waals surface area contributed by atoms with Gasteiger partial charge in [0.15, 0.2) is 5.13 Å². The quantitative estimate of drug-likeness (QED) is 0.809. The van der Waals surface area contributed by atoms with Crippen LogP contribution in [-0.4, -0.2) is 30.2 Å². The molecule has 114 valence electrons. The number of hydrogen-bond donors (Lipinski definition) is 1. The van der Waals surface area contributed by atoms with Crippen molar-refractivity contribution in [2.24, 2.45) is 0 Å². The summed E-state index contributed by atoms with van der Waals surface area (Å²) in [5, 5.41) is 6.66. The van der Waals surface area contributed by atoms with Crippen molar-refractivity contribution in [3.05, 3.63) is 27.2 Å². The number of methoxy groups -OCH3 is 1. The van der Waals surface area contributed by atoms with Gasteiger partial charge < -0.3 is 15.0 Å². The van der Waals surface area contributed by atoms with Crippen LogP contribution in [0.25, 0.3) is 0 Å². The molecule has 2 heterocycles. The fourth-order valence-electron chi connectivity index (χ4n) is 2.07. The number of thiazole rings is 2. The molecule has 0 saturated heterocycles. The van der Waals surface area contributed by atoms with E-state index in [0.717, 1.165) is 29.6 Å². The first-order chi connectivity index (χ1) is 10.3. The second kappa shape index (κ2) is 6.83. The average Bonchev–Trinajstić information content (AvgIpc) is 2.99. The second-order valence-corrected chi connectivity index (χ2v) is 7.07. The van der Waals surface area contributed by atoms with Crippen LogP contribution in [0, 0.1) is 0 Å². The molecule has 0 bridgehead atoms. The highest BCUT2D eigenvalue weighted by molar-refractivity contribution is 7.15. The first kappa shape index (κ1) is 14.9. The molecule has 1 saturated carbocycles. The summed E-state index contributed by atoms with van der Waals surface area (Å²) < 4.78 is 5.28. The maximum Gasteiger partial charge on any atom is 0.186 e. The summed E-state index contributed by atoms with van der Waals surface area (Å²) in [7, 11) is 3.78. The van der Waals surface area contributed by atoms with Crippen molar-refractivity contribution in [3.8, 4) is 0 Å². The number of ether oxygens (including phenoxy) is 1. The number of nitrogens with one attached hydrogen (secondary N) is 1. The minimum Gasteiger partial charge on any atom is -0.378 e. The van der Waals surface area contributed by atoms with E-state index in [9.17, 15) is 0 Å². The predicted molar refractivity (Wildman–Crippen MR) is 86.9 cm³/mol. The summed E-state index contributed by atoms with van der Waals surface area (Å²) in [4.78, 5) is 12.5. The highest BCUT2D eigenvalue weighted by Gasteiger charge is 2.22. The summed E-state index contributed by atoms with van der Waals surface area (Å²) in [5.74, 6) is 0. The first-order valence-electron chi connectivity index (χ1n) is 7.05. The van der Waals surface area contributed by atoms with Gasteiger partial charge in [-0.15, -0.1) is 22.7 Å². The molecule has 0 aliphatic heterocycles. The zero-order chi connectivity index (χ0) is 14.7. The predicted octanol–water partition coefficient (Wildman–Crippen LogP) is 2.63. The summed E-state index contributed by atoms with van der Waals surface area (Å²) in [6, 6.07) is 0.707. The lowest BCUT2D eigenvalue weighted by atomic mass is 10.3. The Morgan fingerprint density at radius 3 is 3.00 bits per heavy atom. The minimum atomic E-state index is 0.572. The molecule has 7 heteroatoms. The molecule has 2 aromatic heterocycles. The Hall–Kier alpha value is -1.02. The lowest BCUT2D eigenvalue weighted by Crippen LogP contribution is -2.16. The SMILES string of the molecule is COCc1nc(N(C)Cc2cscn2)sc1CNC1CC1. The fraction of sp³-hybridized carbons (Fsp3) is 0.571. The molecule has 0 unspecified atom stereocenters. The van der Waals surface area contributed by atoms with E-state index >= 15 is 0 Å². The molecule has 0 atom stereocenters. The van der Waals surface area contributed by atoms with E-state index < -0.39 is 0 Å². The maximum atomic E-state index is 5.28. The van der Waals surface area contributed by atoms with E-state index in [1.54, 1.807) is 29.8 Å². The molecular formula is C14H20N4OS2. The lowest BCUT2D eigenvalue weighted by molar-refractivity contribution is 0.181. The Morgan fingerprint density at radius 1 is 1.48 bits per heavy atom. The lowest BCUT2D eigenvalue weighted by Gasteiger charge is -2.13. The molecule has 1 N–H and O–H groups in total. The van der Waals surface area contributed by atoms with E-state index in [0.29, 0.717) is 12.6 Å². The normalized spacial score (nSPS) is 14.6. The third kappa shape index (κ3) is 4.00. The van der Waals surface area contributed by atoms with Crippen molar-refractivity contribution in [1.29, 1.82) is 0 Å². The van der Waals surface area contributed by atoms with Gasteiger partial charge in [0.2, 0.25) is 0 Å². The van der Waals surface area contributed by atoms with Gasteiger partial charge in [-0.05, 0) is 12.8 Å². The zero-order valence-electron chi connectivity index (χ0n) is 12.3. The Morgan fingerprint density at radius 2 is 2.33 bits per heavy atom. The third-order valence-electron chi connectivity index (χ3n) is 3.39. The molecule has 21 heavy (non-hydrogen) atoms. The van der Waals surface area contributed by atoms with E-state index in [1.807, 2.05) is 5.51 Å². The average molecular weight is 324 g/mol. The largest absolute Gasteiger partial charge is 0.378 e. The monoisotopic (exact) mass is 324 g/mol. The van der Waals surface area contributed by atoms with Crippen LogP contribution in [-0.2, 0) is 24.4 Å². The fourth-order valence-corrected chi connectivity index (χ4v) is 3.60. The third-order valence-corrected chi connectivity index (χ3v) is 5.23. The molecule has 3 rings (SSSR count). The molecule has 0 amide bonds. The van der Waals surface area contributed by atoms with Gasteiger partial charge in [-0.3, -0.25) is 0 Å². The van der Waals surface area contributed by atoms with Gasteiger partial charge in [-0.1, -0.05) is 0 Å². The highest BCUT2D eigenvalue weighted by atomic mass is 32.1. The topological polar surface area (TPSA) is 50.3 Å². The standard InChI is InChI=1S/C14H20N4OS2/c1-18(6-11-8-20-9-16-11)14-17-12(7-19-2)13(21-14)5-15-10-3-4-10/h8-10,15H,3-7H2,1-2H3. The Bertz CT molecular complexity index is 566. The molecular weight excluding hydrogens is 304 g/mol. The number of aromatic nitrogens is 2. The van der Waals surface area contributed by atoms with Gasteiger partial charge in [-0.2, -0.15) is 0 Å². The van der Waals surface area contributed by atoms with Crippen LogP contribution >= 0.6 is 22.7 Å². The maximum absolute atomic E-state index is 5.28. The van der Waals surface area contributed by atoms with Crippen LogP contribution in [0.4, 0.5) is 5.13 Å². The summed E-state index contributed by atoms with van der Waals surface area (Å²) in [5.41, 5.74) is 4.01. The van der Waals surface area contributed by atoms with Gasteiger partial charge in [-0.25, -0.2) is 9.97 Å². The molecule has 0 radical (unpaired) electrons. The van der Waals surface area contributed by atoms with Crippen molar-refractivity contribution in [1.82, 2.24) is 15.3 Å². The molecule has 2 aromatic rings. The van der Waals surface area contributed by atoms with E-state index in [1.165, 1.54) is 17.7 Å². The van der Waals surface area contributed by atoms with Crippen LogP contribution < -0.4 is 10.2 Å². The van der Waals surface area contributed by atoms with Crippen molar-refractivity contribution in [3.63, 3.8) is 0 Å². The Labute approximate surface area is 133 Å². The van der Waals surface area contributed by atoms with Crippen molar-refractivity contribution in [2.45, 2.75) is 38.6 Å². The van der Waals surface area contributed by atoms with Crippen molar-refractivity contribution >= 4 is 27.8 Å². The van der Waals surface area contributed by atoms with Gasteiger partial charge in [0.1, 0.15) is 0 Å². The summed E-state index contributed by atoms with van der Waals surface area (Å²) in [6.45, 7) is 2.26. The van der Waals surface area contributed by atoms with E-state index in [4.69, 9.17) is 9.72 Å². The zero-order valence-corrected chi connectivity index (χ0v) is 14.0. The van der Waals surface area contributed by atoms with Crippen LogP contribution in [0.5, 0.6) is 0 Å². The second-order valence-electron chi connectivity index (χ2n) is 5.29. The smallest absolute Gasteiger partial charge is 0.186 e. The molecule has 1 aliphatic rings. The minimum absolute atomic E-state index is 0.572. The summed E-state index contributed by atoms with van der Waals surface area (Å²) in [6.07, 6.45) is 2.60. The van der Waals surface area contributed by atoms with Gasteiger partial charge >= 0.3 is 0 Å². The van der Waals surface area contributed by atoms with E-state index in [-0.39, 0.29) is 0 Å². The van der Waals surface area contributed by atoms with Crippen LogP contribution in [0.3, 0.4) is 0 Å². The van der Waals surface area contributed by atoms with Crippen LogP contribution in [0.1, 0.15) is 29.1 Å². The number of nitrogens with zero attached hydrogens (tertiary/aromatic N) is 3. The number of rotatable bonds is 8. The van der Waals surface area contributed by atoms with Crippen molar-refractivity contribution < 1.29 is 4.74 Å². The van der Waals surface area contributed by atoms with E-state index in [2.05, 4.69) is 27.6 Å². The highest BCUT2D eigenvalue weighted by Crippen LogP contribution is 2.28. The Balaban J connectivity index is 1.69. The molecule has 5 nitrogen and oxygen atoms in total. The molecule has 0 spiro atoms. The van der Waals surface area contributed by atoms with Gasteiger partial charge in [0.05, 0.1) is 30.1 Å². The van der Waals surface area contributed by atoms with Gasteiger partial charge in [0, 0.05) is 37.0 Å². The van der Waals surface area contributed by atoms with Crippen LogP contribution in [0.15, 0.2) is 10.9 Å².